The lowest BCUT2D eigenvalue weighted by Crippen LogP contribution is -1.97. The van der Waals surface area contributed by atoms with Gasteiger partial charge >= 0.3 is 0 Å². The van der Waals surface area contributed by atoms with Crippen LogP contribution in [-0.2, 0) is 6.42 Å². The third kappa shape index (κ3) is 1.55. The number of hydrogen-bond acceptors (Lipinski definition) is 3. The summed E-state index contributed by atoms with van der Waals surface area (Å²) in [4.78, 5) is 14.2. The van der Waals surface area contributed by atoms with Crippen LogP contribution in [0.1, 0.15) is 22.8 Å². The highest BCUT2D eigenvalue weighted by Crippen LogP contribution is 2.09. The van der Waals surface area contributed by atoms with Gasteiger partial charge in [0.2, 0.25) is 0 Å². The first-order valence-corrected chi connectivity index (χ1v) is 3.47. The van der Waals surface area contributed by atoms with Crippen molar-refractivity contribution in [3.63, 3.8) is 0 Å². The summed E-state index contributed by atoms with van der Waals surface area (Å²) >= 11 is 0. The average Bonchev–Trinajstić information content (AvgIpc) is 2.05. The lowest BCUT2D eigenvalue weighted by atomic mass is 10.1. The zero-order valence-corrected chi connectivity index (χ0v) is 6.37. The molecule has 1 aromatic rings. The maximum absolute atomic E-state index is 10.3. The number of pyridine rings is 1. The Morgan fingerprint density at radius 3 is 3.00 bits per heavy atom. The largest absolute Gasteiger partial charge is 0.383 e. The van der Waals surface area contributed by atoms with E-state index in [1.54, 1.807) is 6.07 Å². The maximum Gasteiger partial charge on any atom is 0.151 e. The number of carbonyl (C=O) groups excluding carboxylic acids is 1. The van der Waals surface area contributed by atoms with E-state index in [1.165, 1.54) is 6.20 Å². The number of carbonyl (C=O) groups is 1. The monoisotopic (exact) mass is 150 g/mol. The van der Waals surface area contributed by atoms with Crippen LogP contribution in [0.15, 0.2) is 12.3 Å². The molecular weight excluding hydrogens is 140 g/mol. The Kier molecular flexibility index (Phi) is 2.21. The Morgan fingerprint density at radius 1 is 1.73 bits per heavy atom. The number of nitrogens with two attached hydrogens (primary N) is 1. The van der Waals surface area contributed by atoms with Gasteiger partial charge in [0.1, 0.15) is 5.82 Å². The van der Waals surface area contributed by atoms with E-state index in [1.807, 2.05) is 6.92 Å². The molecule has 3 nitrogen and oxygen atoms in total. The van der Waals surface area contributed by atoms with Crippen molar-refractivity contribution < 1.29 is 4.79 Å². The van der Waals surface area contributed by atoms with E-state index >= 15 is 0 Å². The predicted octanol–water partition coefficient (Wildman–Crippen LogP) is 1.04. The molecule has 1 aromatic heterocycles. The van der Waals surface area contributed by atoms with Gasteiger partial charge in [-0.15, -0.1) is 0 Å². The van der Waals surface area contributed by atoms with Gasteiger partial charge in [0.25, 0.3) is 0 Å². The van der Waals surface area contributed by atoms with Gasteiger partial charge in [-0.1, -0.05) is 6.92 Å². The van der Waals surface area contributed by atoms with Crippen molar-refractivity contribution in [2.75, 3.05) is 5.73 Å². The van der Waals surface area contributed by atoms with E-state index in [0.717, 1.165) is 18.3 Å². The highest BCUT2D eigenvalue weighted by atomic mass is 16.1. The van der Waals surface area contributed by atoms with Crippen molar-refractivity contribution in [2.24, 2.45) is 0 Å². The Hall–Kier alpha value is -1.38. The van der Waals surface area contributed by atoms with Crippen LogP contribution < -0.4 is 5.73 Å². The van der Waals surface area contributed by atoms with Crippen LogP contribution in [0.4, 0.5) is 5.82 Å². The lowest BCUT2D eigenvalue weighted by Gasteiger charge is -2.00. The van der Waals surface area contributed by atoms with Gasteiger partial charge < -0.3 is 5.73 Å². The molecule has 0 unspecified atom stereocenters. The molecule has 11 heavy (non-hydrogen) atoms. The van der Waals surface area contributed by atoms with Crippen molar-refractivity contribution >= 4 is 12.1 Å². The zero-order valence-electron chi connectivity index (χ0n) is 6.37. The van der Waals surface area contributed by atoms with Crippen molar-refractivity contribution in [2.45, 2.75) is 13.3 Å². The third-order valence-corrected chi connectivity index (χ3v) is 1.54. The number of nitrogens with zero attached hydrogens (tertiary/aromatic N) is 1. The molecule has 1 heterocycles. The minimum atomic E-state index is 0.512. The molecule has 0 bridgehead atoms. The van der Waals surface area contributed by atoms with Crippen LogP contribution in [0.2, 0.25) is 0 Å². The highest BCUT2D eigenvalue weighted by Gasteiger charge is 1.98. The normalized spacial score (nSPS) is 9.55. The molecule has 0 aromatic carbocycles. The maximum atomic E-state index is 10.3. The first kappa shape index (κ1) is 7.72. The first-order chi connectivity index (χ1) is 5.27. The standard InChI is InChI=1S/C8H10N2O/c1-2-7-3-6(5-11)4-10-8(7)9/h3-5H,2H2,1H3,(H2,9,10). The predicted molar refractivity (Wildman–Crippen MR) is 43.4 cm³/mol. The summed E-state index contributed by atoms with van der Waals surface area (Å²) in [5.41, 5.74) is 7.03. The SMILES string of the molecule is CCc1cc(C=O)cnc1N. The van der Waals surface area contributed by atoms with Crippen LogP contribution in [0.25, 0.3) is 0 Å². The molecule has 0 aliphatic rings. The summed E-state index contributed by atoms with van der Waals surface area (Å²) < 4.78 is 0. The number of rotatable bonds is 2. The molecule has 2 N–H and O–H groups in total. The fraction of sp³-hybridized carbons (Fsp3) is 0.250. The molecule has 1 rings (SSSR count). The van der Waals surface area contributed by atoms with Gasteiger partial charge in [0, 0.05) is 11.8 Å². The minimum Gasteiger partial charge on any atom is -0.383 e. The minimum absolute atomic E-state index is 0.512. The second-order valence-corrected chi connectivity index (χ2v) is 2.28. The molecule has 0 radical (unpaired) electrons. The number of nitrogen functional groups attached to an aromatic ring is 1. The summed E-state index contributed by atoms with van der Waals surface area (Å²) in [6.45, 7) is 1.97. The van der Waals surface area contributed by atoms with Gasteiger partial charge in [0.15, 0.2) is 6.29 Å². The van der Waals surface area contributed by atoms with Crippen LogP contribution in [0.3, 0.4) is 0 Å². The van der Waals surface area contributed by atoms with E-state index in [9.17, 15) is 4.79 Å². The van der Waals surface area contributed by atoms with E-state index in [-0.39, 0.29) is 0 Å². The van der Waals surface area contributed by atoms with E-state index in [2.05, 4.69) is 4.98 Å². The Labute approximate surface area is 65.2 Å². The summed E-state index contributed by atoms with van der Waals surface area (Å²) in [6, 6.07) is 1.76. The lowest BCUT2D eigenvalue weighted by molar-refractivity contribution is 0.112. The molecule has 0 atom stereocenters. The van der Waals surface area contributed by atoms with Gasteiger partial charge in [-0.25, -0.2) is 4.98 Å². The van der Waals surface area contributed by atoms with Gasteiger partial charge in [-0.2, -0.15) is 0 Å². The Bertz CT molecular complexity index is 271. The summed E-state index contributed by atoms with van der Waals surface area (Å²) in [5.74, 6) is 0.512. The Balaban J connectivity index is 3.12. The van der Waals surface area contributed by atoms with Crippen molar-refractivity contribution in [1.82, 2.24) is 4.98 Å². The summed E-state index contributed by atoms with van der Waals surface area (Å²) in [6.07, 6.45) is 3.05. The van der Waals surface area contributed by atoms with Crippen LogP contribution >= 0.6 is 0 Å². The summed E-state index contributed by atoms with van der Waals surface area (Å²) in [7, 11) is 0. The molecular formula is C8H10N2O. The average molecular weight is 150 g/mol. The van der Waals surface area contributed by atoms with Crippen LogP contribution in [0, 0.1) is 0 Å². The molecule has 0 amide bonds. The molecule has 0 saturated carbocycles. The van der Waals surface area contributed by atoms with Crippen molar-refractivity contribution in [3.05, 3.63) is 23.4 Å². The molecule has 3 heteroatoms. The third-order valence-electron chi connectivity index (χ3n) is 1.54. The van der Waals surface area contributed by atoms with Crippen LogP contribution in [-0.4, -0.2) is 11.3 Å². The second-order valence-electron chi connectivity index (χ2n) is 2.28. The second kappa shape index (κ2) is 3.14. The quantitative estimate of drug-likeness (QED) is 0.641. The molecule has 0 aliphatic heterocycles. The number of aryl methyl sites for hydroxylation is 1. The molecule has 0 spiro atoms. The number of anilines is 1. The van der Waals surface area contributed by atoms with Gasteiger partial charge in [-0.3, -0.25) is 4.79 Å². The summed E-state index contributed by atoms with van der Waals surface area (Å²) in [5, 5.41) is 0. The Morgan fingerprint density at radius 2 is 2.45 bits per heavy atom. The first-order valence-electron chi connectivity index (χ1n) is 3.47. The molecule has 0 saturated heterocycles. The van der Waals surface area contributed by atoms with Gasteiger partial charge in [-0.05, 0) is 18.1 Å². The van der Waals surface area contributed by atoms with E-state index in [4.69, 9.17) is 5.73 Å². The van der Waals surface area contributed by atoms with E-state index < -0.39 is 0 Å². The topological polar surface area (TPSA) is 56.0 Å². The smallest absolute Gasteiger partial charge is 0.151 e. The van der Waals surface area contributed by atoms with E-state index in [0.29, 0.717) is 11.4 Å². The fourth-order valence-electron chi connectivity index (χ4n) is 0.887. The fourth-order valence-corrected chi connectivity index (χ4v) is 0.887. The highest BCUT2D eigenvalue weighted by molar-refractivity contribution is 5.75. The number of aromatic nitrogens is 1. The number of aldehydes is 1. The van der Waals surface area contributed by atoms with Crippen molar-refractivity contribution in [1.29, 1.82) is 0 Å². The zero-order chi connectivity index (χ0) is 8.27. The number of hydrogen-bond donors (Lipinski definition) is 1. The molecule has 0 aliphatic carbocycles. The van der Waals surface area contributed by atoms with Gasteiger partial charge in [0.05, 0.1) is 0 Å². The van der Waals surface area contributed by atoms with Crippen molar-refractivity contribution in [3.8, 4) is 0 Å². The molecule has 0 fully saturated rings. The van der Waals surface area contributed by atoms with Crippen LogP contribution in [0.5, 0.6) is 0 Å². The molecule has 58 valence electrons.